The van der Waals surface area contributed by atoms with Gasteiger partial charge >= 0.3 is 0 Å². The Balaban J connectivity index is 1.44. The zero-order chi connectivity index (χ0) is 24.7. The molecule has 3 aromatic rings. The monoisotopic (exact) mass is 495 g/mol. The average molecular weight is 496 g/mol. The second kappa shape index (κ2) is 9.05. The van der Waals surface area contributed by atoms with Crippen molar-refractivity contribution in [1.82, 2.24) is 4.31 Å². The molecule has 7 nitrogen and oxygen atoms in total. The van der Waals surface area contributed by atoms with Gasteiger partial charge in [-0.15, -0.1) is 0 Å². The highest BCUT2D eigenvalue weighted by Gasteiger charge is 2.40. The summed E-state index contributed by atoms with van der Waals surface area (Å²) in [5.74, 6) is -1.01. The quantitative estimate of drug-likeness (QED) is 0.522. The van der Waals surface area contributed by atoms with E-state index >= 15 is 0 Å². The van der Waals surface area contributed by atoms with Crippen molar-refractivity contribution >= 4 is 44.0 Å². The molecular weight excluding hydrogens is 469 g/mol. The zero-order valence-electron chi connectivity index (χ0n) is 19.3. The fourth-order valence-electron chi connectivity index (χ4n) is 4.94. The molecule has 0 aliphatic carbocycles. The summed E-state index contributed by atoms with van der Waals surface area (Å²) in [6.07, 6.45) is 2.79. The Bertz CT molecular complexity index is 1420. The maximum atomic E-state index is 13.3. The smallest absolute Gasteiger partial charge is 0.258 e. The summed E-state index contributed by atoms with van der Waals surface area (Å²) in [4.78, 5) is 28.0. The second-order valence-corrected chi connectivity index (χ2v) is 10.8. The number of carbonyl (C=O) groups is 2. The van der Waals surface area contributed by atoms with E-state index in [4.69, 9.17) is 0 Å². The number of hydrogen-bond acceptors (Lipinski definition) is 4. The van der Waals surface area contributed by atoms with E-state index < -0.39 is 27.8 Å². The Labute approximate surface area is 203 Å². The van der Waals surface area contributed by atoms with E-state index in [-0.39, 0.29) is 17.3 Å². The first kappa shape index (κ1) is 23.4. The van der Waals surface area contributed by atoms with Crippen molar-refractivity contribution in [1.29, 1.82) is 0 Å². The first-order chi connectivity index (χ1) is 16.8. The lowest BCUT2D eigenvalue weighted by Gasteiger charge is -2.24. The number of halogens is 1. The van der Waals surface area contributed by atoms with E-state index in [1.165, 1.54) is 16.4 Å². The van der Waals surface area contributed by atoms with Gasteiger partial charge in [0.25, 0.3) is 5.91 Å². The van der Waals surface area contributed by atoms with Gasteiger partial charge in [0.2, 0.25) is 15.9 Å². The Morgan fingerprint density at radius 3 is 2.63 bits per heavy atom. The van der Waals surface area contributed by atoms with Crippen molar-refractivity contribution in [3.05, 3.63) is 66.0 Å². The van der Waals surface area contributed by atoms with E-state index in [0.29, 0.717) is 30.6 Å². The molecule has 0 saturated carbocycles. The molecule has 2 heterocycles. The summed E-state index contributed by atoms with van der Waals surface area (Å²) in [5.41, 5.74) is 1.96. The number of anilines is 2. The molecule has 0 radical (unpaired) electrons. The number of benzene rings is 3. The van der Waals surface area contributed by atoms with Crippen LogP contribution in [0.2, 0.25) is 0 Å². The van der Waals surface area contributed by atoms with Crippen molar-refractivity contribution in [3.63, 3.8) is 0 Å². The largest absolute Gasteiger partial charge is 0.324 e. The number of nitrogens with one attached hydrogen (secondary N) is 1. The summed E-state index contributed by atoms with van der Waals surface area (Å²) < 4.78 is 40.8. The van der Waals surface area contributed by atoms with Crippen molar-refractivity contribution in [2.75, 3.05) is 23.3 Å². The predicted molar refractivity (Wildman–Crippen MR) is 132 cm³/mol. The molecule has 1 fully saturated rings. The van der Waals surface area contributed by atoms with Gasteiger partial charge in [0.1, 0.15) is 11.9 Å². The maximum Gasteiger partial charge on any atom is 0.258 e. The third-order valence-electron chi connectivity index (χ3n) is 6.70. The Hall–Kier alpha value is -3.30. The van der Waals surface area contributed by atoms with Crippen LogP contribution in [0.5, 0.6) is 0 Å². The van der Waals surface area contributed by atoms with Gasteiger partial charge in [-0.3, -0.25) is 9.59 Å². The third kappa shape index (κ3) is 3.98. The fourth-order valence-corrected chi connectivity index (χ4v) is 6.60. The fraction of sp³-hybridized carbons (Fsp3) is 0.308. The van der Waals surface area contributed by atoms with Crippen LogP contribution in [-0.4, -0.2) is 43.7 Å². The Morgan fingerprint density at radius 1 is 1.11 bits per heavy atom. The van der Waals surface area contributed by atoms with Crippen molar-refractivity contribution < 1.29 is 22.4 Å². The second-order valence-electron chi connectivity index (χ2n) is 8.89. The van der Waals surface area contributed by atoms with Crippen LogP contribution in [0.1, 0.15) is 43.0 Å². The highest BCUT2D eigenvalue weighted by atomic mass is 32.2. The Morgan fingerprint density at radius 2 is 1.89 bits per heavy atom. The minimum absolute atomic E-state index is 0.0464. The molecule has 9 heteroatoms. The standard InChI is InChI=1S/C26H26FN3O4S/c1-2-3-15-29-22-14-13-21(19-6-4-7-20(24(19)22)26(29)32)28-25(31)23-8-5-16-30(23)35(33,34)18-11-9-17(27)10-12-18/h4,6-7,9-14,23H,2-3,5,8,15-16H2,1H3,(H,28,31)/t23-/m0/s1. The molecule has 2 aliphatic rings. The van der Waals surface area contributed by atoms with Crippen molar-refractivity contribution in [2.24, 2.45) is 0 Å². The number of nitrogens with zero attached hydrogens (tertiary/aromatic N) is 2. The van der Waals surface area contributed by atoms with Crippen LogP contribution in [0.15, 0.2) is 59.5 Å². The molecule has 2 aliphatic heterocycles. The van der Waals surface area contributed by atoms with Crippen LogP contribution < -0.4 is 10.2 Å². The van der Waals surface area contributed by atoms with Gasteiger partial charge in [0.05, 0.1) is 10.6 Å². The van der Waals surface area contributed by atoms with Crippen LogP contribution in [-0.2, 0) is 14.8 Å². The molecule has 35 heavy (non-hydrogen) atoms. The number of carbonyl (C=O) groups excluding carboxylic acids is 2. The molecule has 2 amide bonds. The highest BCUT2D eigenvalue weighted by Crippen LogP contribution is 2.41. The lowest BCUT2D eigenvalue weighted by molar-refractivity contribution is -0.119. The van der Waals surface area contributed by atoms with Gasteiger partial charge < -0.3 is 10.2 Å². The summed E-state index contributed by atoms with van der Waals surface area (Å²) >= 11 is 0. The summed E-state index contributed by atoms with van der Waals surface area (Å²) in [6, 6.07) is 12.8. The number of hydrogen-bond donors (Lipinski definition) is 1. The highest BCUT2D eigenvalue weighted by molar-refractivity contribution is 7.89. The van der Waals surface area contributed by atoms with E-state index in [1.54, 1.807) is 23.1 Å². The minimum atomic E-state index is -3.96. The van der Waals surface area contributed by atoms with E-state index in [0.717, 1.165) is 41.4 Å². The molecule has 182 valence electrons. The lowest BCUT2D eigenvalue weighted by atomic mass is 10.0. The zero-order valence-corrected chi connectivity index (χ0v) is 20.1. The Kier molecular flexibility index (Phi) is 6.06. The van der Waals surface area contributed by atoms with E-state index in [1.807, 2.05) is 12.1 Å². The summed E-state index contributed by atoms with van der Waals surface area (Å²) in [5, 5.41) is 4.45. The molecule has 0 unspecified atom stereocenters. The lowest BCUT2D eigenvalue weighted by Crippen LogP contribution is -2.43. The topological polar surface area (TPSA) is 86.8 Å². The van der Waals surface area contributed by atoms with E-state index in [2.05, 4.69) is 12.2 Å². The predicted octanol–water partition coefficient (Wildman–Crippen LogP) is 4.53. The number of amides is 2. The molecule has 5 rings (SSSR count). The van der Waals surface area contributed by atoms with Gasteiger partial charge in [-0.2, -0.15) is 4.31 Å². The average Bonchev–Trinajstić information content (AvgIpc) is 3.45. The van der Waals surface area contributed by atoms with Crippen molar-refractivity contribution in [3.8, 4) is 0 Å². The molecule has 1 saturated heterocycles. The van der Waals surface area contributed by atoms with Crippen LogP contribution in [0.3, 0.4) is 0 Å². The van der Waals surface area contributed by atoms with Crippen LogP contribution in [0.4, 0.5) is 15.8 Å². The molecule has 1 atom stereocenters. The molecule has 3 aromatic carbocycles. The first-order valence-electron chi connectivity index (χ1n) is 11.8. The van der Waals surface area contributed by atoms with Gasteiger partial charge in [-0.05, 0) is 61.7 Å². The van der Waals surface area contributed by atoms with Crippen LogP contribution in [0, 0.1) is 5.82 Å². The van der Waals surface area contributed by atoms with E-state index in [9.17, 15) is 22.4 Å². The minimum Gasteiger partial charge on any atom is -0.324 e. The first-order valence-corrected chi connectivity index (χ1v) is 13.2. The third-order valence-corrected chi connectivity index (χ3v) is 8.63. The van der Waals surface area contributed by atoms with Crippen LogP contribution in [0.25, 0.3) is 10.8 Å². The van der Waals surface area contributed by atoms with Gasteiger partial charge in [-0.25, -0.2) is 12.8 Å². The molecular formula is C26H26FN3O4S. The SMILES string of the molecule is CCCCN1C(=O)c2cccc3c(NC(=O)[C@@H]4CCCN4S(=O)(=O)c4ccc(F)cc4)ccc1c23. The van der Waals surface area contributed by atoms with Gasteiger partial charge in [-0.1, -0.05) is 25.5 Å². The molecule has 1 N–H and O–H groups in total. The van der Waals surface area contributed by atoms with Crippen molar-refractivity contribution in [2.45, 2.75) is 43.5 Å². The number of rotatable bonds is 7. The molecule has 0 spiro atoms. The normalized spacial score (nSPS) is 17.9. The van der Waals surface area contributed by atoms with Gasteiger partial charge in [0, 0.05) is 35.1 Å². The molecule has 0 bridgehead atoms. The van der Waals surface area contributed by atoms with Gasteiger partial charge in [0.15, 0.2) is 0 Å². The maximum absolute atomic E-state index is 13.3. The number of unbranched alkanes of at least 4 members (excludes halogenated alkanes) is 1. The van der Waals surface area contributed by atoms with Crippen LogP contribution >= 0.6 is 0 Å². The summed E-state index contributed by atoms with van der Waals surface area (Å²) in [6.45, 7) is 2.91. The number of sulfonamides is 1. The molecule has 0 aromatic heterocycles. The summed E-state index contributed by atoms with van der Waals surface area (Å²) in [7, 11) is -3.96.